The fourth-order valence-corrected chi connectivity index (χ4v) is 2.21. The lowest BCUT2D eigenvalue weighted by Crippen LogP contribution is -2.49. The van der Waals surface area contributed by atoms with Gasteiger partial charge in [-0.3, -0.25) is 4.79 Å². The molecule has 1 saturated heterocycles. The molecule has 4 heteroatoms. The summed E-state index contributed by atoms with van der Waals surface area (Å²) in [6, 6.07) is 0.0779. The Morgan fingerprint density at radius 3 is 2.94 bits per heavy atom. The second kappa shape index (κ2) is 7.91. The van der Waals surface area contributed by atoms with Gasteiger partial charge in [-0.25, -0.2) is 0 Å². The number of carbonyl (C=O) groups is 1. The van der Waals surface area contributed by atoms with Crippen LogP contribution in [0.25, 0.3) is 0 Å². The van der Waals surface area contributed by atoms with Crippen molar-refractivity contribution in [2.24, 2.45) is 0 Å². The van der Waals surface area contributed by atoms with E-state index in [2.05, 4.69) is 6.92 Å². The Kier molecular flexibility index (Phi) is 6.81. The maximum Gasteiger partial charge on any atom is 0.223 e. The van der Waals surface area contributed by atoms with Gasteiger partial charge in [-0.15, -0.1) is 11.6 Å². The van der Waals surface area contributed by atoms with Crippen LogP contribution in [-0.4, -0.2) is 42.5 Å². The highest BCUT2D eigenvalue weighted by molar-refractivity contribution is 6.18. The van der Waals surface area contributed by atoms with Gasteiger partial charge in [0, 0.05) is 18.8 Å². The van der Waals surface area contributed by atoms with Crippen LogP contribution in [0.5, 0.6) is 0 Å². The molecule has 1 amide bonds. The number of rotatable bonds is 6. The molecule has 1 heterocycles. The monoisotopic (exact) mass is 247 g/mol. The molecule has 16 heavy (non-hydrogen) atoms. The smallest absolute Gasteiger partial charge is 0.223 e. The second-order valence-corrected chi connectivity index (χ2v) is 4.59. The summed E-state index contributed by atoms with van der Waals surface area (Å²) < 4.78 is 5.32. The Morgan fingerprint density at radius 1 is 1.44 bits per heavy atom. The van der Waals surface area contributed by atoms with E-state index in [1.807, 2.05) is 4.90 Å². The van der Waals surface area contributed by atoms with Crippen LogP contribution in [0.2, 0.25) is 0 Å². The molecular weight excluding hydrogens is 226 g/mol. The Labute approximate surface area is 103 Å². The van der Waals surface area contributed by atoms with Crippen LogP contribution in [0.15, 0.2) is 0 Å². The summed E-state index contributed by atoms with van der Waals surface area (Å²) in [5.41, 5.74) is 0. The van der Waals surface area contributed by atoms with E-state index < -0.39 is 0 Å². The molecule has 0 saturated carbocycles. The van der Waals surface area contributed by atoms with Crippen molar-refractivity contribution in [2.75, 3.05) is 25.6 Å². The predicted molar refractivity (Wildman–Crippen MR) is 65.8 cm³/mol. The molecule has 1 unspecified atom stereocenters. The second-order valence-electron chi connectivity index (χ2n) is 4.28. The molecule has 0 aromatic rings. The molecule has 1 aliphatic heterocycles. The molecule has 1 fully saturated rings. The van der Waals surface area contributed by atoms with E-state index in [0.717, 1.165) is 12.8 Å². The summed E-state index contributed by atoms with van der Waals surface area (Å²) in [7, 11) is 0. The number of hydrogen-bond donors (Lipinski definition) is 0. The molecule has 0 aromatic heterocycles. The van der Waals surface area contributed by atoms with Crippen LogP contribution in [0.1, 0.15) is 39.0 Å². The summed E-state index contributed by atoms with van der Waals surface area (Å²) in [4.78, 5) is 13.8. The van der Waals surface area contributed by atoms with Gasteiger partial charge in [0.2, 0.25) is 5.91 Å². The van der Waals surface area contributed by atoms with E-state index in [0.29, 0.717) is 32.1 Å². The third kappa shape index (κ3) is 4.30. The normalized spacial score (nSPS) is 21.1. The number of morpholine rings is 1. The van der Waals surface area contributed by atoms with Gasteiger partial charge in [0.1, 0.15) is 0 Å². The van der Waals surface area contributed by atoms with Crippen LogP contribution >= 0.6 is 11.6 Å². The van der Waals surface area contributed by atoms with Crippen molar-refractivity contribution in [3.63, 3.8) is 0 Å². The number of amides is 1. The highest BCUT2D eigenvalue weighted by atomic mass is 35.5. The zero-order chi connectivity index (χ0) is 11.8. The van der Waals surface area contributed by atoms with Gasteiger partial charge < -0.3 is 9.64 Å². The summed E-state index contributed by atoms with van der Waals surface area (Å²) >= 11 is 5.83. The Bertz CT molecular complexity index is 211. The van der Waals surface area contributed by atoms with E-state index >= 15 is 0 Å². The highest BCUT2D eigenvalue weighted by Crippen LogP contribution is 2.12. The molecule has 1 rings (SSSR count). The number of halogens is 1. The van der Waals surface area contributed by atoms with Crippen molar-refractivity contribution in [1.82, 2.24) is 4.90 Å². The average molecular weight is 248 g/mol. The van der Waals surface area contributed by atoms with E-state index in [1.54, 1.807) is 0 Å². The molecule has 0 bridgehead atoms. The predicted octanol–water partition coefficient (Wildman–Crippen LogP) is 2.42. The molecule has 3 nitrogen and oxygen atoms in total. The Balaban J connectivity index is 2.27. The lowest BCUT2D eigenvalue weighted by atomic mass is 10.1. The molecule has 0 spiro atoms. The summed E-state index contributed by atoms with van der Waals surface area (Å²) in [6.45, 7) is 4.11. The van der Waals surface area contributed by atoms with Crippen molar-refractivity contribution >= 4 is 17.5 Å². The number of unbranched alkanes of at least 4 members (excludes halogenated alkanes) is 3. The highest BCUT2D eigenvalue weighted by Gasteiger charge is 2.25. The average Bonchev–Trinajstić information content (AvgIpc) is 2.34. The number of alkyl halides is 1. The number of ether oxygens (including phenoxy) is 1. The molecule has 1 atom stereocenters. The quantitative estimate of drug-likeness (QED) is 0.533. The summed E-state index contributed by atoms with van der Waals surface area (Å²) in [6.07, 6.45) is 5.23. The van der Waals surface area contributed by atoms with Gasteiger partial charge in [-0.1, -0.05) is 26.2 Å². The minimum atomic E-state index is 0.0779. The first-order valence-electron chi connectivity index (χ1n) is 6.22. The van der Waals surface area contributed by atoms with Crippen LogP contribution < -0.4 is 0 Å². The standard InChI is InChI=1S/C12H22ClNO2/c1-2-3-4-5-6-12(15)14-7-8-16-10-11(14)9-13/h11H,2-10H2,1H3. The SMILES string of the molecule is CCCCCCC(=O)N1CCOCC1CCl. The van der Waals surface area contributed by atoms with Crippen molar-refractivity contribution in [2.45, 2.75) is 45.1 Å². The molecule has 1 aliphatic rings. The van der Waals surface area contributed by atoms with E-state index in [4.69, 9.17) is 16.3 Å². The maximum atomic E-state index is 11.9. The minimum Gasteiger partial charge on any atom is -0.377 e. The fourth-order valence-electron chi connectivity index (χ4n) is 1.96. The molecule has 0 N–H and O–H groups in total. The van der Waals surface area contributed by atoms with Crippen molar-refractivity contribution in [3.05, 3.63) is 0 Å². The zero-order valence-electron chi connectivity index (χ0n) is 10.1. The molecule has 0 radical (unpaired) electrons. The molecule has 94 valence electrons. The lowest BCUT2D eigenvalue weighted by molar-refractivity contribution is -0.139. The van der Waals surface area contributed by atoms with Crippen LogP contribution in [0, 0.1) is 0 Å². The van der Waals surface area contributed by atoms with Crippen molar-refractivity contribution in [3.8, 4) is 0 Å². The van der Waals surface area contributed by atoms with Gasteiger partial charge >= 0.3 is 0 Å². The third-order valence-electron chi connectivity index (χ3n) is 2.97. The Morgan fingerprint density at radius 2 is 2.25 bits per heavy atom. The molecule has 0 aromatic carbocycles. The summed E-state index contributed by atoms with van der Waals surface area (Å²) in [5, 5.41) is 0. The van der Waals surface area contributed by atoms with Crippen LogP contribution in [0.4, 0.5) is 0 Å². The van der Waals surface area contributed by atoms with Gasteiger partial charge in [-0.2, -0.15) is 0 Å². The van der Waals surface area contributed by atoms with Gasteiger partial charge in [0.15, 0.2) is 0 Å². The summed E-state index contributed by atoms with van der Waals surface area (Å²) in [5.74, 6) is 0.714. The first-order valence-corrected chi connectivity index (χ1v) is 6.76. The van der Waals surface area contributed by atoms with Crippen LogP contribution in [-0.2, 0) is 9.53 Å². The van der Waals surface area contributed by atoms with Crippen molar-refractivity contribution in [1.29, 1.82) is 0 Å². The van der Waals surface area contributed by atoms with Gasteiger partial charge in [0.05, 0.1) is 19.3 Å². The van der Waals surface area contributed by atoms with Gasteiger partial charge in [-0.05, 0) is 6.42 Å². The first kappa shape index (κ1) is 13.8. The Hall–Kier alpha value is -0.280. The minimum absolute atomic E-state index is 0.0779. The largest absolute Gasteiger partial charge is 0.377 e. The number of hydrogen-bond acceptors (Lipinski definition) is 2. The van der Waals surface area contributed by atoms with Gasteiger partial charge in [0.25, 0.3) is 0 Å². The van der Waals surface area contributed by atoms with Crippen LogP contribution in [0.3, 0.4) is 0 Å². The number of carbonyl (C=O) groups excluding carboxylic acids is 1. The number of nitrogens with zero attached hydrogens (tertiary/aromatic N) is 1. The zero-order valence-corrected chi connectivity index (χ0v) is 10.8. The van der Waals surface area contributed by atoms with E-state index in [-0.39, 0.29) is 11.9 Å². The maximum absolute atomic E-state index is 11.9. The first-order chi connectivity index (χ1) is 7.79. The van der Waals surface area contributed by atoms with Crippen molar-refractivity contribution < 1.29 is 9.53 Å². The molecular formula is C12H22ClNO2. The van der Waals surface area contributed by atoms with E-state index in [1.165, 1.54) is 12.8 Å². The third-order valence-corrected chi connectivity index (χ3v) is 3.33. The molecule has 0 aliphatic carbocycles. The lowest BCUT2D eigenvalue weighted by Gasteiger charge is -2.34. The fraction of sp³-hybridized carbons (Fsp3) is 0.917. The topological polar surface area (TPSA) is 29.5 Å². The van der Waals surface area contributed by atoms with E-state index in [9.17, 15) is 4.79 Å².